The maximum absolute atomic E-state index is 13.5. The number of carbonyl (C=O) groups is 1. The van der Waals surface area contributed by atoms with E-state index < -0.39 is 38.3 Å². The lowest BCUT2D eigenvalue weighted by Gasteiger charge is -2.24. The fraction of sp³-hybridized carbons (Fsp3) is 0.138. The van der Waals surface area contributed by atoms with Crippen LogP contribution in [0.5, 0.6) is 0 Å². The highest BCUT2D eigenvalue weighted by Gasteiger charge is 2.27. The molecule has 0 aliphatic rings. The molecule has 0 fully saturated rings. The number of anilines is 3. The van der Waals surface area contributed by atoms with E-state index in [0.29, 0.717) is 5.69 Å². The van der Waals surface area contributed by atoms with Gasteiger partial charge in [0.2, 0.25) is 5.91 Å². The second kappa shape index (κ2) is 11.9. The molecule has 208 valence electrons. The van der Waals surface area contributed by atoms with Crippen molar-refractivity contribution in [2.75, 3.05) is 20.9 Å². The summed E-state index contributed by atoms with van der Waals surface area (Å²) in [4.78, 5) is 13.0. The van der Waals surface area contributed by atoms with Crippen molar-refractivity contribution in [1.29, 1.82) is 0 Å². The van der Waals surface area contributed by atoms with Crippen LogP contribution in [0.15, 0.2) is 113 Å². The largest absolute Gasteiger partial charge is 0.325 e. The number of sulfonamides is 2. The monoisotopic (exact) mass is 581 g/mol. The number of nitrogens with one attached hydrogen (secondary N) is 2. The molecule has 0 bridgehead atoms. The molecule has 0 aliphatic carbocycles. The normalized spacial score (nSPS) is 11.7. The van der Waals surface area contributed by atoms with E-state index in [1.54, 1.807) is 30.3 Å². The van der Waals surface area contributed by atoms with Gasteiger partial charge in [-0.25, -0.2) is 21.2 Å². The molecule has 0 radical (unpaired) electrons. The zero-order chi connectivity index (χ0) is 28.9. The average Bonchev–Trinajstić information content (AvgIpc) is 2.93. The lowest BCUT2D eigenvalue weighted by molar-refractivity contribution is -0.114. The van der Waals surface area contributed by atoms with E-state index in [2.05, 4.69) is 10.0 Å². The maximum Gasteiger partial charge on any atom is 0.264 e. The van der Waals surface area contributed by atoms with Gasteiger partial charge in [0.15, 0.2) is 0 Å². The number of amides is 1. The Bertz CT molecular complexity index is 1680. The van der Waals surface area contributed by atoms with Crippen LogP contribution in [0.2, 0.25) is 0 Å². The van der Waals surface area contributed by atoms with Crippen molar-refractivity contribution in [3.63, 3.8) is 0 Å². The first-order chi connectivity index (χ1) is 19.0. The Morgan fingerprint density at radius 1 is 0.750 bits per heavy atom. The summed E-state index contributed by atoms with van der Waals surface area (Å²) in [6, 6.07) is 25.1. The molecule has 8 nitrogen and oxygen atoms in total. The zero-order valence-electron chi connectivity index (χ0n) is 21.8. The Labute approximate surface area is 233 Å². The molecule has 4 aromatic rings. The minimum atomic E-state index is -4.07. The SMILES string of the molecule is CC(C)c1ccc(N(CC(=O)Nc2ccc(S(=O)(=O)Nc3ccc(F)cc3)cc2)S(=O)(=O)c2ccccc2)cc1. The van der Waals surface area contributed by atoms with Gasteiger partial charge in [0, 0.05) is 11.4 Å². The van der Waals surface area contributed by atoms with Gasteiger partial charge in [0.25, 0.3) is 20.0 Å². The Morgan fingerprint density at radius 2 is 1.32 bits per heavy atom. The van der Waals surface area contributed by atoms with Crippen LogP contribution < -0.4 is 14.3 Å². The van der Waals surface area contributed by atoms with E-state index in [0.717, 1.165) is 22.0 Å². The molecule has 1 amide bonds. The van der Waals surface area contributed by atoms with Crippen LogP contribution in [-0.4, -0.2) is 29.3 Å². The van der Waals surface area contributed by atoms with Gasteiger partial charge in [-0.05, 0) is 84.3 Å². The van der Waals surface area contributed by atoms with E-state index in [4.69, 9.17) is 0 Å². The van der Waals surface area contributed by atoms with Gasteiger partial charge in [-0.1, -0.05) is 44.2 Å². The molecule has 0 aliphatic heterocycles. The molecule has 11 heteroatoms. The first kappa shape index (κ1) is 28.8. The summed E-state index contributed by atoms with van der Waals surface area (Å²) < 4.78 is 68.9. The molecule has 0 aromatic heterocycles. The van der Waals surface area contributed by atoms with Gasteiger partial charge in [0.1, 0.15) is 12.4 Å². The summed E-state index contributed by atoms with van der Waals surface area (Å²) >= 11 is 0. The lowest BCUT2D eigenvalue weighted by atomic mass is 10.0. The van der Waals surface area contributed by atoms with Crippen LogP contribution in [-0.2, 0) is 24.8 Å². The van der Waals surface area contributed by atoms with Gasteiger partial charge in [0.05, 0.1) is 15.5 Å². The van der Waals surface area contributed by atoms with Gasteiger partial charge in [-0.2, -0.15) is 0 Å². The molecule has 40 heavy (non-hydrogen) atoms. The molecule has 0 atom stereocenters. The molecule has 0 unspecified atom stereocenters. The van der Waals surface area contributed by atoms with Crippen molar-refractivity contribution < 1.29 is 26.0 Å². The summed E-state index contributed by atoms with van der Waals surface area (Å²) in [6.07, 6.45) is 0. The summed E-state index contributed by atoms with van der Waals surface area (Å²) in [5, 5.41) is 2.63. The van der Waals surface area contributed by atoms with Crippen molar-refractivity contribution in [3.8, 4) is 0 Å². The molecule has 0 saturated carbocycles. The molecule has 0 saturated heterocycles. The van der Waals surface area contributed by atoms with E-state index in [1.807, 2.05) is 26.0 Å². The second-order valence-corrected chi connectivity index (χ2v) is 12.8. The topological polar surface area (TPSA) is 113 Å². The fourth-order valence-electron chi connectivity index (χ4n) is 3.84. The molecule has 2 N–H and O–H groups in total. The van der Waals surface area contributed by atoms with Crippen LogP contribution in [0.3, 0.4) is 0 Å². The van der Waals surface area contributed by atoms with Crippen molar-refractivity contribution in [2.45, 2.75) is 29.6 Å². The predicted molar refractivity (Wildman–Crippen MR) is 154 cm³/mol. The quantitative estimate of drug-likeness (QED) is 0.254. The Balaban J connectivity index is 1.53. The Morgan fingerprint density at radius 3 is 1.90 bits per heavy atom. The highest BCUT2D eigenvalue weighted by atomic mass is 32.2. The first-order valence-corrected chi connectivity index (χ1v) is 15.2. The minimum Gasteiger partial charge on any atom is -0.325 e. The average molecular weight is 582 g/mol. The number of benzene rings is 4. The number of halogens is 1. The highest BCUT2D eigenvalue weighted by Crippen LogP contribution is 2.26. The standard InChI is InChI=1S/C29H28FN3O5S2/c1-21(2)22-8-16-26(17-9-22)33(40(37,38)28-6-4-3-5-7-28)20-29(34)31-24-14-18-27(19-15-24)39(35,36)32-25-12-10-23(30)11-13-25/h3-19,21,32H,20H2,1-2H3,(H,31,34). The molecule has 4 rings (SSSR count). The predicted octanol–water partition coefficient (Wildman–Crippen LogP) is 5.58. The van der Waals surface area contributed by atoms with Gasteiger partial charge >= 0.3 is 0 Å². The van der Waals surface area contributed by atoms with E-state index in [9.17, 15) is 26.0 Å². The molecular formula is C29H28FN3O5S2. The number of rotatable bonds is 10. The lowest BCUT2D eigenvalue weighted by Crippen LogP contribution is -2.38. The number of hydrogen-bond acceptors (Lipinski definition) is 5. The third kappa shape index (κ3) is 6.85. The van der Waals surface area contributed by atoms with Gasteiger partial charge < -0.3 is 5.32 Å². The van der Waals surface area contributed by atoms with Crippen molar-refractivity contribution in [1.82, 2.24) is 0 Å². The fourth-order valence-corrected chi connectivity index (χ4v) is 6.34. The molecular weight excluding hydrogens is 553 g/mol. The van der Waals surface area contributed by atoms with Crippen molar-refractivity contribution >= 4 is 43.0 Å². The van der Waals surface area contributed by atoms with Crippen molar-refractivity contribution in [2.24, 2.45) is 0 Å². The van der Waals surface area contributed by atoms with Crippen LogP contribution in [0.4, 0.5) is 21.5 Å². The summed E-state index contributed by atoms with van der Waals surface area (Å²) in [5.41, 5.74) is 1.82. The van der Waals surface area contributed by atoms with E-state index in [-0.39, 0.29) is 27.1 Å². The summed E-state index contributed by atoms with van der Waals surface area (Å²) in [5.74, 6) is -0.868. The third-order valence-corrected chi connectivity index (χ3v) is 9.20. The highest BCUT2D eigenvalue weighted by molar-refractivity contribution is 7.93. The number of carbonyl (C=O) groups excluding carboxylic acids is 1. The smallest absolute Gasteiger partial charge is 0.264 e. The van der Waals surface area contributed by atoms with Gasteiger partial charge in [-0.3, -0.25) is 13.8 Å². The first-order valence-electron chi connectivity index (χ1n) is 12.3. The number of hydrogen-bond donors (Lipinski definition) is 2. The molecule has 4 aromatic carbocycles. The number of nitrogens with zero attached hydrogens (tertiary/aromatic N) is 1. The van der Waals surface area contributed by atoms with E-state index in [1.165, 1.54) is 48.5 Å². The second-order valence-electron chi connectivity index (χ2n) is 9.26. The summed E-state index contributed by atoms with van der Waals surface area (Å²) in [7, 11) is -8.03. The van der Waals surface area contributed by atoms with Crippen LogP contribution in [0, 0.1) is 5.82 Å². The van der Waals surface area contributed by atoms with Crippen molar-refractivity contribution in [3.05, 3.63) is 115 Å². The summed E-state index contributed by atoms with van der Waals surface area (Å²) in [6.45, 7) is 3.54. The van der Waals surface area contributed by atoms with Crippen LogP contribution >= 0.6 is 0 Å². The minimum absolute atomic E-state index is 0.0407. The maximum atomic E-state index is 13.5. The third-order valence-electron chi connectivity index (χ3n) is 6.01. The van der Waals surface area contributed by atoms with Gasteiger partial charge in [-0.15, -0.1) is 0 Å². The molecule has 0 heterocycles. The van der Waals surface area contributed by atoms with Crippen LogP contribution in [0.25, 0.3) is 0 Å². The Hall–Kier alpha value is -4.22. The Kier molecular flexibility index (Phi) is 8.55. The van der Waals surface area contributed by atoms with Crippen LogP contribution in [0.1, 0.15) is 25.3 Å². The van der Waals surface area contributed by atoms with E-state index >= 15 is 0 Å². The molecule has 0 spiro atoms. The zero-order valence-corrected chi connectivity index (χ0v) is 23.4.